The first kappa shape index (κ1) is 13.4. The predicted octanol–water partition coefficient (Wildman–Crippen LogP) is -0.00130. The summed E-state index contributed by atoms with van der Waals surface area (Å²) in [6, 6.07) is 1.43. The lowest BCUT2D eigenvalue weighted by Crippen LogP contribution is -2.37. The van der Waals surface area contributed by atoms with Crippen LogP contribution in [0, 0.1) is 0 Å². The van der Waals surface area contributed by atoms with Gasteiger partial charge < -0.3 is 15.2 Å². The molecule has 0 aliphatic carbocycles. The number of rotatable bonds is 4. The van der Waals surface area contributed by atoms with Crippen LogP contribution in [0.2, 0.25) is 5.02 Å². The van der Waals surface area contributed by atoms with E-state index in [4.69, 9.17) is 11.6 Å². The Morgan fingerprint density at radius 2 is 2.35 bits per heavy atom. The van der Waals surface area contributed by atoms with E-state index < -0.39 is 18.0 Å². The van der Waals surface area contributed by atoms with Gasteiger partial charge in [-0.1, -0.05) is 11.6 Å². The summed E-state index contributed by atoms with van der Waals surface area (Å²) in [5.41, 5.74) is 0.221. The fraction of sp³-hybridized carbons (Fsp3) is 0.300. The fourth-order valence-corrected chi connectivity index (χ4v) is 1.27. The van der Waals surface area contributed by atoms with Crippen LogP contribution in [0.3, 0.4) is 0 Å². The minimum Gasteiger partial charge on any atom is -0.467 e. The first-order valence-electron chi connectivity index (χ1n) is 4.70. The van der Waals surface area contributed by atoms with Crippen molar-refractivity contribution < 1.29 is 19.4 Å². The molecule has 1 rings (SSSR count). The van der Waals surface area contributed by atoms with Crippen LogP contribution in [0.4, 0.5) is 0 Å². The fourth-order valence-electron chi connectivity index (χ4n) is 1.06. The van der Waals surface area contributed by atoms with E-state index in [1.165, 1.54) is 18.5 Å². The molecular weight excluding hydrogens is 248 g/mol. The number of carbonyl (C=O) groups is 2. The lowest BCUT2D eigenvalue weighted by Gasteiger charge is -2.10. The zero-order valence-corrected chi connectivity index (χ0v) is 9.77. The van der Waals surface area contributed by atoms with Crippen LogP contribution in [0.1, 0.15) is 10.4 Å². The van der Waals surface area contributed by atoms with Crippen LogP contribution in [0.5, 0.6) is 0 Å². The molecule has 1 heterocycles. The van der Waals surface area contributed by atoms with Gasteiger partial charge in [0.05, 0.1) is 24.2 Å². The van der Waals surface area contributed by atoms with Crippen molar-refractivity contribution in [3.8, 4) is 0 Å². The van der Waals surface area contributed by atoms with Crippen molar-refractivity contribution in [2.45, 2.75) is 6.10 Å². The van der Waals surface area contributed by atoms with Crippen molar-refractivity contribution in [2.75, 3.05) is 13.7 Å². The predicted molar refractivity (Wildman–Crippen MR) is 59.6 cm³/mol. The van der Waals surface area contributed by atoms with Crippen molar-refractivity contribution in [2.24, 2.45) is 0 Å². The Morgan fingerprint density at radius 1 is 1.65 bits per heavy atom. The molecule has 1 aromatic rings. The second-order valence-corrected chi connectivity index (χ2v) is 3.51. The maximum Gasteiger partial charge on any atom is 0.336 e. The first-order chi connectivity index (χ1) is 8.06. The molecular formula is C10H11ClN2O4. The van der Waals surface area contributed by atoms with Crippen LogP contribution in [-0.2, 0) is 9.53 Å². The average Bonchev–Trinajstić information content (AvgIpc) is 2.35. The molecule has 0 aromatic carbocycles. The van der Waals surface area contributed by atoms with Crippen molar-refractivity contribution in [1.82, 2.24) is 10.3 Å². The van der Waals surface area contributed by atoms with Gasteiger partial charge >= 0.3 is 5.97 Å². The number of aliphatic hydroxyl groups excluding tert-OH is 1. The molecule has 0 aliphatic rings. The van der Waals surface area contributed by atoms with Gasteiger partial charge in [0.25, 0.3) is 5.91 Å². The van der Waals surface area contributed by atoms with E-state index in [1.54, 1.807) is 0 Å². The summed E-state index contributed by atoms with van der Waals surface area (Å²) in [7, 11) is 1.15. The summed E-state index contributed by atoms with van der Waals surface area (Å²) < 4.78 is 4.30. The molecule has 1 aromatic heterocycles. The summed E-state index contributed by atoms with van der Waals surface area (Å²) in [4.78, 5) is 26.2. The Morgan fingerprint density at radius 3 is 2.94 bits per heavy atom. The molecule has 0 radical (unpaired) electrons. The second-order valence-electron chi connectivity index (χ2n) is 3.10. The minimum atomic E-state index is -1.40. The van der Waals surface area contributed by atoms with Gasteiger partial charge in [-0.05, 0) is 6.07 Å². The Bertz CT molecular complexity index is 425. The highest BCUT2D eigenvalue weighted by Gasteiger charge is 2.17. The standard InChI is InChI=1S/C10H11ClN2O4/c1-17-10(16)8(14)5-13-9(15)6-2-3-12-4-7(6)11/h2-4,8,14H,5H2,1H3,(H,13,15). The highest BCUT2D eigenvalue weighted by Crippen LogP contribution is 2.12. The Kier molecular flexibility index (Phi) is 4.86. The third-order valence-electron chi connectivity index (χ3n) is 1.95. The van der Waals surface area contributed by atoms with Crippen LogP contribution in [-0.4, -0.2) is 41.7 Å². The lowest BCUT2D eigenvalue weighted by molar-refractivity contribution is -0.149. The summed E-state index contributed by atoms with van der Waals surface area (Å²) in [5.74, 6) is -1.31. The molecule has 2 N–H and O–H groups in total. The highest BCUT2D eigenvalue weighted by molar-refractivity contribution is 6.33. The van der Waals surface area contributed by atoms with E-state index >= 15 is 0 Å². The van der Waals surface area contributed by atoms with Crippen molar-refractivity contribution in [3.63, 3.8) is 0 Å². The third kappa shape index (κ3) is 3.69. The molecule has 0 saturated heterocycles. The second kappa shape index (κ2) is 6.17. The highest BCUT2D eigenvalue weighted by atomic mass is 35.5. The Hall–Kier alpha value is -1.66. The topological polar surface area (TPSA) is 88.5 Å². The van der Waals surface area contributed by atoms with Crippen LogP contribution < -0.4 is 5.32 Å². The third-order valence-corrected chi connectivity index (χ3v) is 2.25. The molecule has 1 amide bonds. The van der Waals surface area contributed by atoms with Gasteiger partial charge in [-0.15, -0.1) is 0 Å². The first-order valence-corrected chi connectivity index (χ1v) is 5.07. The molecule has 6 nitrogen and oxygen atoms in total. The Labute approximate surface area is 103 Å². The zero-order valence-electron chi connectivity index (χ0n) is 9.01. The number of nitrogens with zero attached hydrogens (tertiary/aromatic N) is 1. The monoisotopic (exact) mass is 258 g/mol. The van der Waals surface area contributed by atoms with E-state index in [0.29, 0.717) is 0 Å². The molecule has 0 spiro atoms. The van der Waals surface area contributed by atoms with Gasteiger partial charge in [0.1, 0.15) is 0 Å². The Balaban J connectivity index is 2.57. The smallest absolute Gasteiger partial charge is 0.336 e. The molecule has 0 bridgehead atoms. The van der Waals surface area contributed by atoms with Gasteiger partial charge in [-0.2, -0.15) is 0 Å². The van der Waals surface area contributed by atoms with Crippen LogP contribution in [0.25, 0.3) is 0 Å². The van der Waals surface area contributed by atoms with Crippen molar-refractivity contribution in [1.29, 1.82) is 0 Å². The molecule has 0 saturated carbocycles. The number of pyridine rings is 1. The van der Waals surface area contributed by atoms with Crippen LogP contribution >= 0.6 is 11.6 Å². The molecule has 0 aliphatic heterocycles. The number of ether oxygens (including phenoxy) is 1. The lowest BCUT2D eigenvalue weighted by atomic mass is 10.2. The van der Waals surface area contributed by atoms with E-state index in [9.17, 15) is 14.7 Å². The number of aromatic nitrogens is 1. The number of nitrogens with one attached hydrogen (secondary N) is 1. The number of halogens is 1. The molecule has 1 atom stereocenters. The van der Waals surface area contributed by atoms with Crippen molar-refractivity contribution in [3.05, 3.63) is 29.0 Å². The average molecular weight is 259 g/mol. The van der Waals surface area contributed by atoms with Gasteiger partial charge in [0.15, 0.2) is 6.10 Å². The summed E-state index contributed by atoms with van der Waals surface area (Å²) >= 11 is 5.75. The number of esters is 1. The molecule has 0 fully saturated rings. The largest absolute Gasteiger partial charge is 0.467 e. The SMILES string of the molecule is COC(=O)C(O)CNC(=O)c1ccncc1Cl. The van der Waals surface area contributed by atoms with Gasteiger partial charge in [0, 0.05) is 12.4 Å². The number of hydrogen-bond acceptors (Lipinski definition) is 5. The number of amides is 1. The number of carbonyl (C=O) groups excluding carboxylic acids is 2. The summed E-state index contributed by atoms with van der Waals surface area (Å²) in [6.45, 7) is -0.246. The normalized spacial score (nSPS) is 11.7. The van der Waals surface area contributed by atoms with E-state index in [1.807, 2.05) is 0 Å². The molecule has 92 valence electrons. The number of methoxy groups -OCH3 is 1. The van der Waals surface area contributed by atoms with E-state index in [-0.39, 0.29) is 17.1 Å². The molecule has 7 heteroatoms. The van der Waals surface area contributed by atoms with Crippen molar-refractivity contribution >= 4 is 23.5 Å². The van der Waals surface area contributed by atoms with Gasteiger partial charge in [-0.3, -0.25) is 9.78 Å². The number of hydrogen-bond donors (Lipinski definition) is 2. The minimum absolute atomic E-state index is 0.192. The van der Waals surface area contributed by atoms with Crippen LogP contribution in [0.15, 0.2) is 18.5 Å². The summed E-state index contributed by atoms with van der Waals surface area (Å²) in [6.07, 6.45) is 1.34. The van der Waals surface area contributed by atoms with E-state index in [2.05, 4.69) is 15.0 Å². The quantitative estimate of drug-likeness (QED) is 0.742. The summed E-state index contributed by atoms with van der Waals surface area (Å²) in [5, 5.41) is 11.8. The van der Waals surface area contributed by atoms with Gasteiger partial charge in [-0.25, -0.2) is 4.79 Å². The molecule has 17 heavy (non-hydrogen) atoms. The van der Waals surface area contributed by atoms with E-state index in [0.717, 1.165) is 7.11 Å². The van der Waals surface area contributed by atoms with Gasteiger partial charge in [0.2, 0.25) is 0 Å². The maximum atomic E-state index is 11.6. The number of aliphatic hydroxyl groups is 1. The zero-order chi connectivity index (χ0) is 12.8. The maximum absolute atomic E-state index is 11.6. The molecule has 1 unspecified atom stereocenters.